The van der Waals surface area contributed by atoms with E-state index < -0.39 is 0 Å². The van der Waals surface area contributed by atoms with Crippen molar-refractivity contribution in [1.29, 1.82) is 0 Å². The van der Waals surface area contributed by atoms with Crippen LogP contribution >= 0.6 is 11.6 Å². The van der Waals surface area contributed by atoms with Crippen LogP contribution in [0.3, 0.4) is 0 Å². The van der Waals surface area contributed by atoms with Gasteiger partial charge in [0.2, 0.25) is 5.91 Å². The summed E-state index contributed by atoms with van der Waals surface area (Å²) in [6.07, 6.45) is 0. The minimum atomic E-state index is -0.0541. The Kier molecular flexibility index (Phi) is 6.93. The van der Waals surface area contributed by atoms with Crippen molar-refractivity contribution < 1.29 is 4.79 Å². The average molecular weight is 427 g/mol. The highest BCUT2D eigenvalue weighted by Crippen LogP contribution is 2.18. The van der Waals surface area contributed by atoms with Crippen molar-refractivity contribution in [3.63, 3.8) is 0 Å². The van der Waals surface area contributed by atoms with Gasteiger partial charge in [-0.2, -0.15) is 0 Å². The molecule has 0 aliphatic carbocycles. The Morgan fingerprint density at radius 1 is 0.900 bits per heavy atom. The van der Waals surface area contributed by atoms with Gasteiger partial charge in [0, 0.05) is 69.6 Å². The number of hydrogen-bond donors (Lipinski definition) is 0. The van der Waals surface area contributed by atoms with Crippen LogP contribution in [0.1, 0.15) is 12.5 Å². The van der Waals surface area contributed by atoms with E-state index in [4.69, 9.17) is 11.6 Å². The van der Waals surface area contributed by atoms with Crippen molar-refractivity contribution in [2.45, 2.75) is 19.5 Å². The number of hydrogen-bond acceptors (Lipinski definition) is 4. The minimum Gasteiger partial charge on any atom is -0.368 e. The summed E-state index contributed by atoms with van der Waals surface area (Å²) in [6, 6.07) is 18.5. The lowest BCUT2D eigenvalue weighted by atomic mass is 10.1. The smallest absolute Gasteiger partial charge is 0.239 e. The normalized spacial score (nSPS) is 19.7. The standard InChI is InChI=1S/C24H31ClN4O/c1-20(24(30)29-16-14-28(15-17-29)23-8-3-2-4-9-23)27-12-10-26(11-13-27)19-21-6-5-7-22(25)18-21/h2-9,18,20H,10-17,19H2,1H3. The molecule has 2 aliphatic rings. The third-order valence-electron chi connectivity index (χ3n) is 6.32. The first-order valence-corrected chi connectivity index (χ1v) is 11.3. The number of nitrogens with zero attached hydrogens (tertiary/aromatic N) is 4. The lowest BCUT2D eigenvalue weighted by Crippen LogP contribution is -2.57. The fraction of sp³-hybridized carbons (Fsp3) is 0.458. The fourth-order valence-electron chi connectivity index (χ4n) is 4.45. The number of anilines is 1. The number of rotatable bonds is 5. The summed E-state index contributed by atoms with van der Waals surface area (Å²) in [7, 11) is 0. The number of carbonyl (C=O) groups is 1. The Hall–Kier alpha value is -2.08. The van der Waals surface area contributed by atoms with Gasteiger partial charge in [-0.25, -0.2) is 0 Å². The lowest BCUT2D eigenvalue weighted by molar-refractivity contribution is -0.137. The maximum Gasteiger partial charge on any atom is 0.239 e. The SMILES string of the molecule is CC(C(=O)N1CCN(c2ccccc2)CC1)N1CCN(Cc2cccc(Cl)c2)CC1. The van der Waals surface area contributed by atoms with Gasteiger partial charge in [0.15, 0.2) is 0 Å². The second-order valence-corrected chi connectivity index (χ2v) is 8.70. The van der Waals surface area contributed by atoms with Crippen LogP contribution in [0.5, 0.6) is 0 Å². The molecule has 4 rings (SSSR count). The molecule has 2 fully saturated rings. The summed E-state index contributed by atoms with van der Waals surface area (Å²) in [6.45, 7) is 10.2. The maximum atomic E-state index is 13.1. The van der Waals surface area contributed by atoms with E-state index in [0.29, 0.717) is 0 Å². The molecule has 2 aromatic rings. The van der Waals surface area contributed by atoms with Crippen LogP contribution in [0.15, 0.2) is 54.6 Å². The molecular formula is C24H31ClN4O. The van der Waals surface area contributed by atoms with Crippen LogP contribution in [0, 0.1) is 0 Å². The second kappa shape index (κ2) is 9.82. The molecule has 1 unspecified atom stereocenters. The van der Waals surface area contributed by atoms with Gasteiger partial charge in [-0.3, -0.25) is 14.6 Å². The molecule has 0 N–H and O–H groups in total. The van der Waals surface area contributed by atoms with Gasteiger partial charge in [0.25, 0.3) is 0 Å². The first kappa shape index (κ1) is 21.2. The second-order valence-electron chi connectivity index (χ2n) is 8.27. The van der Waals surface area contributed by atoms with E-state index in [-0.39, 0.29) is 11.9 Å². The van der Waals surface area contributed by atoms with Crippen molar-refractivity contribution in [2.75, 3.05) is 57.3 Å². The van der Waals surface area contributed by atoms with Crippen LogP contribution in [-0.4, -0.2) is 79.0 Å². The predicted molar refractivity (Wildman–Crippen MR) is 123 cm³/mol. The average Bonchev–Trinajstić information content (AvgIpc) is 2.79. The van der Waals surface area contributed by atoms with Gasteiger partial charge >= 0.3 is 0 Å². The molecule has 2 aromatic carbocycles. The van der Waals surface area contributed by atoms with Crippen LogP contribution in [0.2, 0.25) is 5.02 Å². The number of benzene rings is 2. The molecule has 0 saturated carbocycles. The summed E-state index contributed by atoms with van der Waals surface area (Å²) >= 11 is 6.11. The molecule has 160 valence electrons. The van der Waals surface area contributed by atoms with Gasteiger partial charge in [0.05, 0.1) is 6.04 Å². The lowest BCUT2D eigenvalue weighted by Gasteiger charge is -2.41. The first-order chi connectivity index (χ1) is 14.6. The highest BCUT2D eigenvalue weighted by Gasteiger charge is 2.30. The van der Waals surface area contributed by atoms with Crippen molar-refractivity contribution in [3.8, 4) is 0 Å². The molecule has 0 aromatic heterocycles. The van der Waals surface area contributed by atoms with E-state index in [2.05, 4.69) is 52.0 Å². The molecule has 0 bridgehead atoms. The van der Waals surface area contributed by atoms with Crippen molar-refractivity contribution in [3.05, 3.63) is 65.2 Å². The van der Waals surface area contributed by atoms with Crippen molar-refractivity contribution in [1.82, 2.24) is 14.7 Å². The minimum absolute atomic E-state index is 0.0541. The fourth-order valence-corrected chi connectivity index (χ4v) is 4.66. The van der Waals surface area contributed by atoms with E-state index >= 15 is 0 Å². The zero-order valence-corrected chi connectivity index (χ0v) is 18.5. The third-order valence-corrected chi connectivity index (χ3v) is 6.55. The van der Waals surface area contributed by atoms with E-state index in [9.17, 15) is 4.79 Å². The highest BCUT2D eigenvalue weighted by molar-refractivity contribution is 6.30. The molecule has 1 amide bonds. The van der Waals surface area contributed by atoms with Gasteiger partial charge in [-0.1, -0.05) is 41.9 Å². The summed E-state index contributed by atoms with van der Waals surface area (Å²) in [5.74, 6) is 0.269. The maximum absolute atomic E-state index is 13.1. The van der Waals surface area contributed by atoms with Gasteiger partial charge in [-0.05, 0) is 36.8 Å². The number of amides is 1. The summed E-state index contributed by atoms with van der Waals surface area (Å²) in [5, 5.41) is 0.790. The van der Waals surface area contributed by atoms with E-state index in [1.807, 2.05) is 29.2 Å². The molecule has 2 saturated heterocycles. The predicted octanol–water partition coefficient (Wildman–Crippen LogP) is 3.19. The number of para-hydroxylation sites is 1. The molecule has 2 aliphatic heterocycles. The molecule has 2 heterocycles. The Balaban J connectivity index is 1.24. The molecule has 1 atom stereocenters. The zero-order valence-electron chi connectivity index (χ0n) is 17.7. The Morgan fingerprint density at radius 2 is 1.60 bits per heavy atom. The van der Waals surface area contributed by atoms with E-state index in [0.717, 1.165) is 63.9 Å². The molecule has 30 heavy (non-hydrogen) atoms. The number of halogens is 1. The van der Waals surface area contributed by atoms with Crippen LogP contribution < -0.4 is 4.90 Å². The quantitative estimate of drug-likeness (QED) is 0.734. The third kappa shape index (κ3) is 5.15. The molecule has 6 heteroatoms. The molecule has 5 nitrogen and oxygen atoms in total. The monoisotopic (exact) mass is 426 g/mol. The topological polar surface area (TPSA) is 30.0 Å². The molecular weight excluding hydrogens is 396 g/mol. The summed E-state index contributed by atoms with van der Waals surface area (Å²) < 4.78 is 0. The number of carbonyl (C=O) groups excluding carboxylic acids is 1. The van der Waals surface area contributed by atoms with Gasteiger partial charge in [-0.15, -0.1) is 0 Å². The van der Waals surface area contributed by atoms with Gasteiger partial charge in [0.1, 0.15) is 0 Å². The first-order valence-electron chi connectivity index (χ1n) is 10.9. The van der Waals surface area contributed by atoms with Crippen molar-refractivity contribution >= 4 is 23.2 Å². The highest BCUT2D eigenvalue weighted by atomic mass is 35.5. The Labute approximate surface area is 184 Å². The van der Waals surface area contributed by atoms with Crippen LogP contribution in [-0.2, 0) is 11.3 Å². The Morgan fingerprint density at radius 3 is 2.27 bits per heavy atom. The summed E-state index contributed by atoms with van der Waals surface area (Å²) in [4.78, 5) is 22.3. The Bertz CT molecular complexity index is 830. The number of piperazine rings is 2. The van der Waals surface area contributed by atoms with Gasteiger partial charge < -0.3 is 9.80 Å². The zero-order chi connectivity index (χ0) is 20.9. The van der Waals surface area contributed by atoms with Crippen LogP contribution in [0.25, 0.3) is 0 Å². The molecule has 0 radical (unpaired) electrons. The van der Waals surface area contributed by atoms with Crippen molar-refractivity contribution in [2.24, 2.45) is 0 Å². The largest absolute Gasteiger partial charge is 0.368 e. The van der Waals surface area contributed by atoms with Crippen LogP contribution in [0.4, 0.5) is 5.69 Å². The van der Waals surface area contributed by atoms with E-state index in [1.165, 1.54) is 11.3 Å². The summed E-state index contributed by atoms with van der Waals surface area (Å²) in [5.41, 5.74) is 2.49. The molecule has 0 spiro atoms. The van der Waals surface area contributed by atoms with E-state index in [1.54, 1.807) is 0 Å².